The second-order valence-corrected chi connectivity index (χ2v) is 9.26. The van der Waals surface area contributed by atoms with E-state index in [9.17, 15) is 9.90 Å². The molecule has 0 spiro atoms. The molecule has 2 aromatic carbocycles. The molecule has 35 heavy (non-hydrogen) atoms. The van der Waals surface area contributed by atoms with E-state index in [0.29, 0.717) is 23.1 Å². The number of hydrogen-bond acceptors (Lipinski definition) is 7. The third kappa shape index (κ3) is 6.58. The minimum absolute atomic E-state index is 0.00512. The van der Waals surface area contributed by atoms with Crippen LogP contribution in [0.4, 0.5) is 10.5 Å². The van der Waals surface area contributed by atoms with E-state index in [1.807, 2.05) is 55.5 Å². The summed E-state index contributed by atoms with van der Waals surface area (Å²) in [6, 6.07) is 16.8. The van der Waals surface area contributed by atoms with Crippen molar-refractivity contribution >= 4 is 23.5 Å². The van der Waals surface area contributed by atoms with Crippen LogP contribution in [0.2, 0.25) is 0 Å². The van der Waals surface area contributed by atoms with Crippen molar-refractivity contribution in [2.75, 3.05) is 17.6 Å². The lowest BCUT2D eigenvalue weighted by molar-refractivity contribution is -0.268. The van der Waals surface area contributed by atoms with E-state index in [1.54, 1.807) is 30.2 Å². The maximum atomic E-state index is 12.0. The highest BCUT2D eigenvalue weighted by molar-refractivity contribution is 7.99. The number of urea groups is 1. The van der Waals surface area contributed by atoms with Gasteiger partial charge in [-0.2, -0.15) is 0 Å². The number of amides is 2. The van der Waals surface area contributed by atoms with Crippen LogP contribution in [-0.4, -0.2) is 39.5 Å². The maximum absolute atomic E-state index is 12.0. The molecule has 2 heterocycles. The van der Waals surface area contributed by atoms with Gasteiger partial charge in [0.1, 0.15) is 0 Å². The van der Waals surface area contributed by atoms with Gasteiger partial charge in [-0.25, -0.2) is 14.8 Å². The fraction of sp³-hybridized carbons (Fsp3) is 0.346. The van der Waals surface area contributed by atoms with E-state index in [4.69, 9.17) is 9.47 Å². The smallest absolute Gasteiger partial charge is 0.319 e. The summed E-state index contributed by atoms with van der Waals surface area (Å²) in [5, 5.41) is 15.7. The van der Waals surface area contributed by atoms with Gasteiger partial charge in [0.05, 0.1) is 18.8 Å². The van der Waals surface area contributed by atoms with Crippen molar-refractivity contribution in [3.63, 3.8) is 0 Å². The van der Waals surface area contributed by atoms with Crippen LogP contribution in [0.3, 0.4) is 0 Å². The van der Waals surface area contributed by atoms with Gasteiger partial charge in [0.15, 0.2) is 11.4 Å². The topological polar surface area (TPSA) is 106 Å². The highest BCUT2D eigenvalue weighted by Gasteiger charge is 2.38. The normalized spacial score (nSPS) is 21.9. The largest absolute Gasteiger partial charge is 0.392 e. The van der Waals surface area contributed by atoms with E-state index in [0.717, 1.165) is 16.7 Å². The number of carbonyl (C=O) groups excluding carboxylic acids is 1. The first-order valence-electron chi connectivity index (χ1n) is 11.6. The van der Waals surface area contributed by atoms with Crippen LogP contribution in [0, 0.1) is 5.92 Å². The number of ether oxygens (including phenoxy) is 2. The number of nitrogens with zero attached hydrogens (tertiary/aromatic N) is 2. The number of aromatic nitrogens is 2. The SMILES string of the molecule is CCNC(=O)Nc1cccc([C@@H]2O[C@H](CSc3ncccn3)[C@H](C)[C@H](c3ccc(CO)cc3)O2)c1. The lowest BCUT2D eigenvalue weighted by Crippen LogP contribution is -2.38. The fourth-order valence-corrected chi connectivity index (χ4v) is 4.89. The molecular weight excluding hydrogens is 464 g/mol. The van der Waals surface area contributed by atoms with Crippen LogP contribution < -0.4 is 10.6 Å². The van der Waals surface area contributed by atoms with Crippen molar-refractivity contribution in [1.29, 1.82) is 0 Å². The van der Waals surface area contributed by atoms with Crippen LogP contribution >= 0.6 is 11.8 Å². The van der Waals surface area contributed by atoms with Gasteiger partial charge in [0, 0.05) is 41.9 Å². The molecule has 2 amide bonds. The summed E-state index contributed by atoms with van der Waals surface area (Å²) in [6.07, 6.45) is 2.48. The average Bonchev–Trinajstić information content (AvgIpc) is 2.89. The minimum Gasteiger partial charge on any atom is -0.392 e. The molecule has 0 radical (unpaired) electrons. The number of nitrogens with one attached hydrogen (secondary N) is 2. The Balaban J connectivity index is 1.57. The Morgan fingerprint density at radius 2 is 1.83 bits per heavy atom. The summed E-state index contributed by atoms with van der Waals surface area (Å²) in [6.45, 7) is 4.52. The van der Waals surface area contributed by atoms with Gasteiger partial charge in [0.2, 0.25) is 0 Å². The molecule has 8 nitrogen and oxygen atoms in total. The van der Waals surface area contributed by atoms with E-state index in [-0.39, 0.29) is 30.8 Å². The van der Waals surface area contributed by atoms with Gasteiger partial charge in [-0.05, 0) is 36.2 Å². The number of aliphatic hydroxyl groups is 1. The third-order valence-electron chi connectivity index (χ3n) is 5.80. The average molecular weight is 495 g/mol. The van der Waals surface area contributed by atoms with Gasteiger partial charge in [-0.3, -0.25) is 0 Å². The van der Waals surface area contributed by atoms with Gasteiger partial charge in [-0.1, -0.05) is 55.1 Å². The number of thioether (sulfide) groups is 1. The van der Waals surface area contributed by atoms with Crippen LogP contribution in [0.5, 0.6) is 0 Å². The van der Waals surface area contributed by atoms with E-state index >= 15 is 0 Å². The molecule has 1 aliphatic heterocycles. The van der Waals surface area contributed by atoms with Crippen LogP contribution in [-0.2, 0) is 16.1 Å². The van der Waals surface area contributed by atoms with Gasteiger partial charge < -0.3 is 25.2 Å². The first kappa shape index (κ1) is 25.1. The molecule has 1 aliphatic rings. The molecule has 0 saturated carbocycles. The molecule has 1 fully saturated rings. The van der Waals surface area contributed by atoms with Crippen molar-refractivity contribution in [1.82, 2.24) is 15.3 Å². The zero-order valence-corrected chi connectivity index (χ0v) is 20.6. The molecule has 0 unspecified atom stereocenters. The lowest BCUT2D eigenvalue weighted by atomic mass is 9.91. The quantitative estimate of drug-likeness (QED) is 0.308. The molecule has 184 valence electrons. The molecule has 0 aliphatic carbocycles. The van der Waals surface area contributed by atoms with E-state index < -0.39 is 6.29 Å². The molecule has 4 atom stereocenters. The summed E-state index contributed by atoms with van der Waals surface area (Å²) in [5.74, 6) is 0.715. The van der Waals surface area contributed by atoms with Crippen molar-refractivity contribution in [3.8, 4) is 0 Å². The molecule has 9 heteroatoms. The van der Waals surface area contributed by atoms with Gasteiger partial charge >= 0.3 is 6.03 Å². The summed E-state index contributed by atoms with van der Waals surface area (Å²) in [4.78, 5) is 20.6. The predicted molar refractivity (Wildman–Crippen MR) is 135 cm³/mol. The van der Waals surface area contributed by atoms with Crippen LogP contribution in [0.1, 0.15) is 42.9 Å². The maximum Gasteiger partial charge on any atom is 0.319 e. The van der Waals surface area contributed by atoms with Crippen molar-refractivity contribution < 1.29 is 19.4 Å². The van der Waals surface area contributed by atoms with E-state index in [1.165, 1.54) is 0 Å². The molecular formula is C26H30N4O4S. The zero-order chi connectivity index (χ0) is 24.6. The van der Waals surface area contributed by atoms with Gasteiger partial charge in [0.25, 0.3) is 0 Å². The summed E-state index contributed by atoms with van der Waals surface area (Å²) < 4.78 is 12.9. The van der Waals surface area contributed by atoms with Crippen LogP contribution in [0.15, 0.2) is 72.1 Å². The first-order chi connectivity index (χ1) is 17.1. The Hall–Kier alpha value is -2.98. The standard InChI is InChI=1S/C26H30N4O4S/c1-3-27-25(32)30-21-7-4-6-20(14-21)24-33-22(16-35-26-28-12-5-13-29-26)17(2)23(34-24)19-10-8-18(15-31)9-11-19/h4-14,17,22-24,31H,3,15-16H2,1-2H3,(H2,27,30,32)/t17-,22+,23+,24+/m0/s1. The van der Waals surface area contributed by atoms with Gasteiger partial charge in [-0.15, -0.1) is 0 Å². The molecule has 3 aromatic rings. The van der Waals surface area contributed by atoms with Crippen molar-refractivity contribution in [2.24, 2.45) is 5.92 Å². The number of hydrogen-bond donors (Lipinski definition) is 3. The molecule has 1 aromatic heterocycles. The minimum atomic E-state index is -0.619. The van der Waals surface area contributed by atoms with Crippen molar-refractivity contribution in [2.45, 2.75) is 44.1 Å². The third-order valence-corrected chi connectivity index (χ3v) is 6.76. The number of aliphatic hydroxyl groups excluding tert-OH is 1. The lowest BCUT2D eigenvalue weighted by Gasteiger charge is -2.41. The number of rotatable bonds is 8. The Kier molecular flexibility index (Phi) is 8.70. The predicted octanol–water partition coefficient (Wildman–Crippen LogP) is 4.69. The van der Waals surface area contributed by atoms with E-state index in [2.05, 4.69) is 27.5 Å². The summed E-state index contributed by atoms with van der Waals surface area (Å²) >= 11 is 1.55. The zero-order valence-electron chi connectivity index (χ0n) is 19.8. The molecule has 4 rings (SSSR count). The van der Waals surface area contributed by atoms with Crippen LogP contribution in [0.25, 0.3) is 0 Å². The highest BCUT2D eigenvalue weighted by atomic mass is 32.2. The Labute approximate surface area is 209 Å². The summed E-state index contributed by atoms with van der Waals surface area (Å²) in [7, 11) is 0. The molecule has 1 saturated heterocycles. The number of anilines is 1. The summed E-state index contributed by atoms with van der Waals surface area (Å²) in [5.41, 5.74) is 3.34. The molecule has 0 bridgehead atoms. The first-order valence-corrected chi connectivity index (χ1v) is 12.6. The Bertz CT molecular complexity index is 1100. The Morgan fingerprint density at radius 1 is 1.06 bits per heavy atom. The fourth-order valence-electron chi connectivity index (χ4n) is 3.93. The van der Waals surface area contributed by atoms with Crippen molar-refractivity contribution in [3.05, 3.63) is 83.7 Å². The second-order valence-electron chi connectivity index (χ2n) is 8.27. The second kappa shape index (κ2) is 12.1. The number of carbonyl (C=O) groups is 1. The molecule has 3 N–H and O–H groups in total. The monoisotopic (exact) mass is 494 g/mol. The Morgan fingerprint density at radius 3 is 2.54 bits per heavy atom. The highest BCUT2D eigenvalue weighted by Crippen LogP contribution is 2.43. The number of benzene rings is 2.